The number of rotatable bonds is 5. The standard InChI is InChI=1S/C9H7BrF2O2.C9H8F2O2/c1-14-9-6(11)2-5(3-7(9)12)8(13)4-10;1-5(12)6-3-7(10)9(13-2)8(11)4-6/h2-3H,4H2,1H3;3-4H,1-2H3. The Morgan fingerprint density at radius 1 is 0.815 bits per heavy atom. The van der Waals surface area contributed by atoms with Gasteiger partial charge in [-0.3, -0.25) is 9.59 Å². The van der Waals surface area contributed by atoms with E-state index < -0.39 is 34.8 Å². The summed E-state index contributed by atoms with van der Waals surface area (Å²) in [7, 11) is 2.32. The maximum absolute atomic E-state index is 13.1. The molecule has 0 aliphatic rings. The van der Waals surface area contributed by atoms with Crippen LogP contribution in [0.25, 0.3) is 0 Å². The number of hydrogen-bond acceptors (Lipinski definition) is 4. The summed E-state index contributed by atoms with van der Waals surface area (Å²) in [5, 5.41) is 0.0260. The normalized spacial score (nSPS) is 9.93. The van der Waals surface area contributed by atoms with Crippen LogP contribution in [0.15, 0.2) is 24.3 Å². The number of carbonyl (C=O) groups excluding carboxylic acids is 2. The average Bonchev–Trinajstić information content (AvgIpc) is 2.60. The zero-order valence-electron chi connectivity index (χ0n) is 14.5. The van der Waals surface area contributed by atoms with Crippen LogP contribution in [0.1, 0.15) is 27.6 Å². The molecule has 0 bridgehead atoms. The fourth-order valence-electron chi connectivity index (χ4n) is 1.95. The minimum atomic E-state index is -0.878. The Bertz CT molecular complexity index is 809. The molecule has 0 amide bonds. The molecule has 0 aliphatic carbocycles. The number of halogens is 5. The van der Waals surface area contributed by atoms with Gasteiger partial charge in [-0.2, -0.15) is 0 Å². The zero-order valence-corrected chi connectivity index (χ0v) is 16.1. The summed E-state index contributed by atoms with van der Waals surface area (Å²) in [5.41, 5.74) is -0.0199. The van der Waals surface area contributed by atoms with Crippen molar-refractivity contribution in [1.82, 2.24) is 0 Å². The molecule has 0 saturated heterocycles. The van der Waals surface area contributed by atoms with Gasteiger partial charge in [0.2, 0.25) is 0 Å². The summed E-state index contributed by atoms with van der Waals surface area (Å²) >= 11 is 2.91. The fourth-order valence-corrected chi connectivity index (χ4v) is 2.27. The van der Waals surface area contributed by atoms with Crippen molar-refractivity contribution in [2.75, 3.05) is 19.5 Å². The maximum Gasteiger partial charge on any atom is 0.190 e. The van der Waals surface area contributed by atoms with E-state index >= 15 is 0 Å². The van der Waals surface area contributed by atoms with E-state index in [1.54, 1.807) is 0 Å². The summed E-state index contributed by atoms with van der Waals surface area (Å²) in [6.45, 7) is 1.24. The molecule has 0 saturated carbocycles. The van der Waals surface area contributed by atoms with Crippen LogP contribution in [0, 0.1) is 23.3 Å². The lowest BCUT2D eigenvalue weighted by molar-refractivity contribution is 0.101. The summed E-state index contributed by atoms with van der Waals surface area (Å²) in [6.07, 6.45) is 0. The van der Waals surface area contributed by atoms with Crippen LogP contribution in [0.3, 0.4) is 0 Å². The highest BCUT2D eigenvalue weighted by Gasteiger charge is 2.15. The SMILES string of the molecule is COc1c(F)cc(C(=O)CBr)cc1F.COc1c(F)cc(C(C)=O)cc1F. The van der Waals surface area contributed by atoms with E-state index in [0.717, 1.165) is 38.5 Å². The zero-order chi connectivity index (χ0) is 20.7. The number of methoxy groups -OCH3 is 2. The van der Waals surface area contributed by atoms with E-state index in [-0.39, 0.29) is 28.0 Å². The molecule has 9 heteroatoms. The Hall–Kier alpha value is -2.42. The van der Waals surface area contributed by atoms with Crippen molar-refractivity contribution in [3.8, 4) is 11.5 Å². The third-order valence-electron chi connectivity index (χ3n) is 3.25. The number of Topliss-reactive ketones (excluding diaryl/α,β-unsaturated/α-hetero) is 2. The predicted octanol–water partition coefficient (Wildman–Crippen LogP) is 4.73. The second kappa shape index (κ2) is 10.1. The van der Waals surface area contributed by atoms with E-state index in [4.69, 9.17) is 0 Å². The molecule has 0 radical (unpaired) electrons. The number of ether oxygens (including phenoxy) is 2. The molecule has 0 fully saturated rings. The molecule has 0 aliphatic heterocycles. The van der Waals surface area contributed by atoms with Crippen LogP contribution >= 0.6 is 15.9 Å². The van der Waals surface area contributed by atoms with Crippen molar-refractivity contribution in [3.05, 3.63) is 58.7 Å². The second-order valence-corrected chi connectivity index (χ2v) is 5.62. The number of ketones is 2. The predicted molar refractivity (Wildman–Crippen MR) is 93.9 cm³/mol. The molecule has 4 nitrogen and oxygen atoms in total. The molecule has 27 heavy (non-hydrogen) atoms. The molecule has 2 aromatic rings. The van der Waals surface area contributed by atoms with Crippen LogP contribution < -0.4 is 9.47 Å². The second-order valence-electron chi connectivity index (χ2n) is 5.06. The van der Waals surface area contributed by atoms with Crippen LogP contribution in [0.5, 0.6) is 11.5 Å². The van der Waals surface area contributed by atoms with Gasteiger partial charge < -0.3 is 9.47 Å². The molecule has 0 unspecified atom stereocenters. The first-order valence-corrected chi connectivity index (χ1v) is 8.44. The number of benzene rings is 2. The van der Waals surface area contributed by atoms with Crippen LogP contribution in [-0.4, -0.2) is 31.1 Å². The van der Waals surface area contributed by atoms with Crippen molar-refractivity contribution in [1.29, 1.82) is 0 Å². The molecule has 0 spiro atoms. The van der Waals surface area contributed by atoms with Crippen LogP contribution in [0.2, 0.25) is 0 Å². The lowest BCUT2D eigenvalue weighted by Crippen LogP contribution is -2.03. The third-order valence-corrected chi connectivity index (χ3v) is 3.76. The summed E-state index contributed by atoms with van der Waals surface area (Å²) < 4.78 is 61.0. The smallest absolute Gasteiger partial charge is 0.190 e. The average molecular weight is 451 g/mol. The first-order chi connectivity index (χ1) is 12.7. The Morgan fingerprint density at radius 3 is 1.41 bits per heavy atom. The molecular weight excluding hydrogens is 436 g/mol. The molecule has 0 N–H and O–H groups in total. The Kier molecular flexibility index (Phi) is 8.42. The van der Waals surface area contributed by atoms with Crippen molar-refractivity contribution < 1.29 is 36.6 Å². The highest BCUT2D eigenvalue weighted by molar-refractivity contribution is 9.09. The van der Waals surface area contributed by atoms with Gasteiger partial charge in [0.15, 0.2) is 46.3 Å². The largest absolute Gasteiger partial charge is 0.491 e. The molecular formula is C18H15BrF4O4. The highest BCUT2D eigenvalue weighted by Crippen LogP contribution is 2.23. The highest BCUT2D eigenvalue weighted by atomic mass is 79.9. The molecule has 2 aromatic carbocycles. The molecule has 0 heterocycles. The summed E-state index contributed by atoms with van der Waals surface area (Å²) in [6, 6.07) is 3.80. The van der Waals surface area contributed by atoms with Gasteiger partial charge in [0, 0.05) is 11.1 Å². The van der Waals surface area contributed by atoms with E-state index in [1.807, 2.05) is 0 Å². The van der Waals surface area contributed by atoms with Crippen molar-refractivity contribution in [2.24, 2.45) is 0 Å². The van der Waals surface area contributed by atoms with Gasteiger partial charge in [-0.1, -0.05) is 15.9 Å². The van der Waals surface area contributed by atoms with Crippen LogP contribution in [-0.2, 0) is 0 Å². The summed E-state index contributed by atoms with van der Waals surface area (Å²) in [5.74, 6) is -5.21. The molecule has 2 rings (SSSR count). The molecule has 146 valence electrons. The van der Waals surface area contributed by atoms with E-state index in [0.29, 0.717) is 0 Å². The van der Waals surface area contributed by atoms with Gasteiger partial charge >= 0.3 is 0 Å². The first-order valence-electron chi connectivity index (χ1n) is 7.32. The van der Waals surface area contributed by atoms with Crippen molar-refractivity contribution >= 4 is 27.5 Å². The van der Waals surface area contributed by atoms with Gasteiger partial charge in [-0.25, -0.2) is 17.6 Å². The van der Waals surface area contributed by atoms with E-state index in [1.165, 1.54) is 6.92 Å². The minimum absolute atomic E-state index is 0.00389. The lowest BCUT2D eigenvalue weighted by atomic mass is 10.1. The van der Waals surface area contributed by atoms with Crippen LogP contribution in [0.4, 0.5) is 17.6 Å². The van der Waals surface area contributed by atoms with Crippen molar-refractivity contribution in [2.45, 2.75) is 6.92 Å². The summed E-state index contributed by atoms with van der Waals surface area (Å²) in [4.78, 5) is 21.9. The Morgan fingerprint density at radius 2 is 1.15 bits per heavy atom. The van der Waals surface area contributed by atoms with Gasteiger partial charge in [0.1, 0.15) is 0 Å². The van der Waals surface area contributed by atoms with E-state index in [9.17, 15) is 27.2 Å². The number of hydrogen-bond donors (Lipinski definition) is 0. The molecule has 0 aromatic heterocycles. The minimum Gasteiger partial charge on any atom is -0.491 e. The topological polar surface area (TPSA) is 52.6 Å². The van der Waals surface area contributed by atoms with Crippen molar-refractivity contribution in [3.63, 3.8) is 0 Å². The van der Waals surface area contributed by atoms with E-state index in [2.05, 4.69) is 25.4 Å². The number of alkyl halides is 1. The quantitative estimate of drug-likeness (QED) is 0.375. The monoisotopic (exact) mass is 450 g/mol. The Balaban J connectivity index is 0.000000271. The molecule has 0 atom stereocenters. The van der Waals surface area contributed by atoms with Gasteiger partial charge in [0.25, 0.3) is 0 Å². The first kappa shape index (κ1) is 22.6. The lowest BCUT2D eigenvalue weighted by Gasteiger charge is -2.04. The number of carbonyl (C=O) groups is 2. The van der Waals surface area contributed by atoms with Gasteiger partial charge in [-0.15, -0.1) is 0 Å². The Labute approximate surface area is 161 Å². The third kappa shape index (κ3) is 5.78. The fraction of sp³-hybridized carbons (Fsp3) is 0.222. The van der Waals surface area contributed by atoms with Gasteiger partial charge in [0.05, 0.1) is 19.5 Å². The van der Waals surface area contributed by atoms with Gasteiger partial charge in [-0.05, 0) is 31.2 Å². The maximum atomic E-state index is 13.1.